The van der Waals surface area contributed by atoms with E-state index in [0.29, 0.717) is 11.2 Å². The van der Waals surface area contributed by atoms with Gasteiger partial charge in [-0.3, -0.25) is 4.90 Å². The van der Waals surface area contributed by atoms with Crippen LogP contribution in [0.2, 0.25) is 0 Å². The predicted octanol–water partition coefficient (Wildman–Crippen LogP) is 3.35. The molecule has 7 heteroatoms. The number of rotatable bonds is 4. The summed E-state index contributed by atoms with van der Waals surface area (Å²) in [6.45, 7) is 3.16. The van der Waals surface area contributed by atoms with Crippen molar-refractivity contribution in [2.45, 2.75) is 25.4 Å². The molecule has 1 saturated heterocycles. The molecule has 0 atom stereocenters. The molecule has 1 aliphatic heterocycles. The van der Waals surface area contributed by atoms with Gasteiger partial charge in [0.25, 0.3) is 5.19 Å². The minimum absolute atomic E-state index is 0.380. The van der Waals surface area contributed by atoms with Gasteiger partial charge >= 0.3 is 0 Å². The zero-order valence-electron chi connectivity index (χ0n) is 14.5. The number of nitrogens with two attached hydrogens (primary N) is 2. The van der Waals surface area contributed by atoms with Gasteiger partial charge in [0, 0.05) is 12.6 Å². The molecule has 2 aromatic carbocycles. The highest BCUT2D eigenvalue weighted by Gasteiger charge is 2.16. The van der Waals surface area contributed by atoms with Crippen molar-refractivity contribution in [3.8, 4) is 10.9 Å². The van der Waals surface area contributed by atoms with Crippen molar-refractivity contribution in [1.29, 1.82) is 0 Å². The molecule has 1 fully saturated rings. The minimum Gasteiger partial charge on any atom is -0.431 e. The maximum atomic E-state index is 6.50. The molecular formula is C19H24N4O2S. The van der Waals surface area contributed by atoms with Crippen molar-refractivity contribution in [3.05, 3.63) is 54.1 Å². The highest BCUT2D eigenvalue weighted by molar-refractivity contribution is 7.20. The van der Waals surface area contributed by atoms with Gasteiger partial charge in [-0.25, -0.2) is 10.9 Å². The molecule has 0 bridgehead atoms. The van der Waals surface area contributed by atoms with E-state index >= 15 is 0 Å². The summed E-state index contributed by atoms with van der Waals surface area (Å²) in [4.78, 5) is 6.97. The standard InChI is InChI=1S/C19H21N3OS.H3NO/c20-15-9-11-22(12-10-15)13-14-5-7-16(8-6-14)23-19-21-17-3-1-2-4-18(17)24-19;1-2/h1-8,15H,9-13,20H2;2H,1H2. The quantitative estimate of drug-likeness (QED) is 0.608. The zero-order valence-corrected chi connectivity index (χ0v) is 15.4. The predicted molar refractivity (Wildman–Crippen MR) is 105 cm³/mol. The largest absolute Gasteiger partial charge is 0.431 e. The Morgan fingerprint density at radius 2 is 1.77 bits per heavy atom. The van der Waals surface area contributed by atoms with Crippen molar-refractivity contribution >= 4 is 21.6 Å². The first kappa shape index (κ1) is 18.8. The van der Waals surface area contributed by atoms with Gasteiger partial charge in [-0.05, 0) is 55.8 Å². The van der Waals surface area contributed by atoms with E-state index in [9.17, 15) is 0 Å². The topological polar surface area (TPSA) is 97.6 Å². The van der Waals surface area contributed by atoms with E-state index in [0.717, 1.165) is 48.4 Å². The van der Waals surface area contributed by atoms with E-state index in [1.54, 1.807) is 11.3 Å². The van der Waals surface area contributed by atoms with E-state index in [1.807, 2.05) is 30.3 Å². The van der Waals surface area contributed by atoms with E-state index < -0.39 is 0 Å². The molecule has 138 valence electrons. The highest BCUT2D eigenvalue weighted by Crippen LogP contribution is 2.31. The Morgan fingerprint density at radius 3 is 2.46 bits per heavy atom. The Kier molecular flexibility index (Phi) is 6.54. The van der Waals surface area contributed by atoms with E-state index in [1.165, 1.54) is 5.56 Å². The minimum atomic E-state index is 0.380. The molecule has 26 heavy (non-hydrogen) atoms. The first-order valence-corrected chi connectivity index (χ1v) is 9.44. The normalized spacial score (nSPS) is 15.5. The number of para-hydroxylation sites is 1. The number of likely N-dealkylation sites (tertiary alicyclic amines) is 1. The Balaban J connectivity index is 0.000000948. The molecule has 2 heterocycles. The van der Waals surface area contributed by atoms with Gasteiger partial charge in [0.2, 0.25) is 0 Å². The van der Waals surface area contributed by atoms with Crippen LogP contribution in [0.25, 0.3) is 10.2 Å². The maximum absolute atomic E-state index is 6.50. The van der Waals surface area contributed by atoms with Gasteiger partial charge < -0.3 is 15.7 Å². The van der Waals surface area contributed by atoms with E-state index in [4.69, 9.17) is 15.7 Å². The molecule has 0 unspecified atom stereocenters. The van der Waals surface area contributed by atoms with Crippen LogP contribution >= 0.6 is 11.3 Å². The number of ether oxygens (including phenoxy) is 1. The maximum Gasteiger partial charge on any atom is 0.279 e. The molecular weight excluding hydrogens is 348 g/mol. The molecule has 0 radical (unpaired) electrons. The van der Waals surface area contributed by atoms with Crippen LogP contribution in [0.1, 0.15) is 18.4 Å². The first-order valence-electron chi connectivity index (χ1n) is 8.62. The number of hydrogen-bond donors (Lipinski definition) is 3. The van der Waals surface area contributed by atoms with Crippen LogP contribution in [0.5, 0.6) is 10.9 Å². The molecule has 0 spiro atoms. The fourth-order valence-electron chi connectivity index (χ4n) is 3.03. The molecule has 6 nitrogen and oxygen atoms in total. The molecule has 1 aliphatic rings. The second-order valence-corrected chi connectivity index (χ2v) is 7.30. The summed E-state index contributed by atoms with van der Waals surface area (Å²) in [5.41, 5.74) is 8.25. The highest BCUT2D eigenvalue weighted by atomic mass is 32.1. The molecule has 5 N–H and O–H groups in total. The fraction of sp³-hybridized carbons (Fsp3) is 0.316. The summed E-state index contributed by atoms with van der Waals surface area (Å²) < 4.78 is 7.05. The van der Waals surface area contributed by atoms with Crippen LogP contribution in [0.3, 0.4) is 0 Å². The lowest BCUT2D eigenvalue weighted by Gasteiger charge is -2.30. The van der Waals surface area contributed by atoms with E-state index in [-0.39, 0.29) is 0 Å². The first-order chi connectivity index (χ1) is 12.8. The molecule has 4 rings (SSSR count). The Bertz CT molecular complexity index is 781. The summed E-state index contributed by atoms with van der Waals surface area (Å²) >= 11 is 1.57. The van der Waals surface area contributed by atoms with Crippen molar-refractivity contribution < 1.29 is 9.94 Å². The van der Waals surface area contributed by atoms with Gasteiger partial charge in [-0.2, -0.15) is 0 Å². The van der Waals surface area contributed by atoms with Crippen LogP contribution < -0.4 is 16.4 Å². The third-order valence-electron chi connectivity index (χ3n) is 4.44. The van der Waals surface area contributed by atoms with Gasteiger partial charge in [0.15, 0.2) is 0 Å². The lowest BCUT2D eigenvalue weighted by molar-refractivity contribution is 0.205. The van der Waals surface area contributed by atoms with Gasteiger partial charge in [-0.15, -0.1) is 0 Å². The number of nitrogens with zero attached hydrogens (tertiary/aromatic N) is 2. The van der Waals surface area contributed by atoms with Crippen LogP contribution in [0.4, 0.5) is 0 Å². The second kappa shape index (κ2) is 9.07. The van der Waals surface area contributed by atoms with Gasteiger partial charge in [-0.1, -0.05) is 35.6 Å². The summed E-state index contributed by atoms with van der Waals surface area (Å²) in [5, 5.41) is 7.19. The third-order valence-corrected chi connectivity index (χ3v) is 5.36. The van der Waals surface area contributed by atoms with Crippen LogP contribution in [-0.4, -0.2) is 34.2 Å². The van der Waals surface area contributed by atoms with Gasteiger partial charge in [0.1, 0.15) is 5.75 Å². The Hall–Kier alpha value is -2.03. The average Bonchev–Trinajstić information content (AvgIpc) is 3.09. The molecule has 0 saturated carbocycles. The number of hydrogen-bond acceptors (Lipinski definition) is 7. The molecule has 1 aromatic heterocycles. The third kappa shape index (κ3) is 4.78. The lowest BCUT2D eigenvalue weighted by Crippen LogP contribution is -2.39. The van der Waals surface area contributed by atoms with Crippen molar-refractivity contribution in [2.24, 2.45) is 11.6 Å². The smallest absolute Gasteiger partial charge is 0.279 e. The SMILES string of the molecule is NC1CCN(Cc2ccc(Oc3nc4ccccc4s3)cc2)CC1.NO. The molecule has 3 aromatic rings. The second-order valence-electron chi connectivity index (χ2n) is 6.31. The zero-order chi connectivity index (χ0) is 18.4. The van der Waals surface area contributed by atoms with Crippen molar-refractivity contribution in [1.82, 2.24) is 9.88 Å². The van der Waals surface area contributed by atoms with E-state index in [2.05, 4.69) is 34.0 Å². The Labute approximate surface area is 157 Å². The van der Waals surface area contributed by atoms with Crippen LogP contribution in [-0.2, 0) is 6.54 Å². The molecule has 0 amide bonds. The van der Waals surface area contributed by atoms with Gasteiger partial charge in [0.05, 0.1) is 10.2 Å². The summed E-state index contributed by atoms with van der Waals surface area (Å²) in [6.07, 6.45) is 2.19. The summed E-state index contributed by atoms with van der Waals surface area (Å²) in [5.74, 6) is 4.33. The number of benzene rings is 2. The van der Waals surface area contributed by atoms with Crippen molar-refractivity contribution in [3.63, 3.8) is 0 Å². The number of aromatic nitrogens is 1. The fourth-order valence-corrected chi connectivity index (χ4v) is 3.86. The average molecular weight is 372 g/mol. The van der Waals surface area contributed by atoms with Crippen LogP contribution in [0, 0.1) is 0 Å². The van der Waals surface area contributed by atoms with Crippen molar-refractivity contribution in [2.75, 3.05) is 13.1 Å². The summed E-state index contributed by atoms with van der Waals surface area (Å²) in [6, 6.07) is 16.8. The number of fused-ring (bicyclic) bond motifs is 1. The van der Waals surface area contributed by atoms with Crippen LogP contribution in [0.15, 0.2) is 48.5 Å². The number of piperidine rings is 1. The lowest BCUT2D eigenvalue weighted by atomic mass is 10.1. The Morgan fingerprint density at radius 1 is 1.08 bits per heavy atom. The monoisotopic (exact) mass is 372 g/mol. The molecule has 0 aliphatic carbocycles. The summed E-state index contributed by atoms with van der Waals surface area (Å²) in [7, 11) is 0. The number of thiazole rings is 1.